The molecule has 0 bridgehead atoms. The quantitative estimate of drug-likeness (QED) is 0.753. The Morgan fingerprint density at radius 2 is 0.952 bits per heavy atom. The van der Waals surface area contributed by atoms with Crippen LogP contribution in [-0.4, -0.2) is 76.5 Å². The van der Waals surface area contributed by atoms with Crippen LogP contribution in [0, 0.1) is 0 Å². The summed E-state index contributed by atoms with van der Waals surface area (Å²) in [5.41, 5.74) is 0. The normalized spacial score (nSPS) is 19.1. The number of rotatable bonds is 6. The van der Waals surface area contributed by atoms with Crippen LogP contribution < -0.4 is 0 Å². The molecule has 0 atom stereocenters. The molecule has 2 aliphatic rings. The van der Waals surface area contributed by atoms with Gasteiger partial charge in [-0.3, -0.25) is 0 Å². The summed E-state index contributed by atoms with van der Waals surface area (Å²) in [6, 6.07) is 0. The Morgan fingerprint density at radius 1 is 0.619 bits per heavy atom. The van der Waals surface area contributed by atoms with Crippen LogP contribution in [0.2, 0.25) is 0 Å². The third kappa shape index (κ3) is 12.1. The van der Waals surface area contributed by atoms with Crippen molar-refractivity contribution in [1.29, 1.82) is 0 Å². The summed E-state index contributed by atoms with van der Waals surface area (Å²) in [7, 11) is 3.53. The minimum Gasteiger partial charge on any atom is -0.383 e. The van der Waals surface area contributed by atoms with Gasteiger partial charge in [-0.15, -0.1) is 0 Å². The average molecular weight is 305 g/mol. The van der Waals surface area contributed by atoms with Crippen molar-refractivity contribution in [3.05, 3.63) is 0 Å². The van der Waals surface area contributed by atoms with Gasteiger partial charge in [0.2, 0.25) is 0 Å². The molecule has 0 amide bonds. The predicted molar refractivity (Wildman–Crippen MR) is 93.2 cm³/mol. The molecule has 2 saturated heterocycles. The zero-order valence-corrected chi connectivity index (χ0v) is 12.9. The lowest BCUT2D eigenvalue weighted by molar-refractivity contribution is 0.135. The van der Waals surface area contributed by atoms with Crippen LogP contribution in [0.15, 0.2) is 0 Å². The van der Waals surface area contributed by atoms with Crippen LogP contribution in [-0.2, 0) is 9.47 Å². The lowest BCUT2D eigenvalue weighted by Gasteiger charge is -2.25. The maximum atomic E-state index is 5.00. The van der Waals surface area contributed by atoms with Gasteiger partial charge in [0.05, 0.1) is 13.2 Å². The number of piperidine rings is 1. The van der Waals surface area contributed by atoms with Crippen molar-refractivity contribution in [2.75, 3.05) is 66.7 Å². The van der Waals surface area contributed by atoms with Crippen molar-refractivity contribution in [3.63, 3.8) is 0 Å². The molecule has 2 aliphatic heterocycles. The maximum Gasteiger partial charge on any atom is 0.0589 e. The molecule has 130 valence electrons. The highest BCUT2D eigenvalue weighted by molar-refractivity contribution is 4.65. The van der Waals surface area contributed by atoms with Crippen molar-refractivity contribution in [1.82, 2.24) is 9.80 Å². The molecule has 4 nitrogen and oxygen atoms in total. The van der Waals surface area contributed by atoms with E-state index in [1.165, 1.54) is 58.3 Å². The third-order valence-electron chi connectivity index (χ3n) is 3.87. The fraction of sp³-hybridized carbons (Fsp3) is 1.00. The van der Waals surface area contributed by atoms with E-state index in [-0.39, 0.29) is 14.9 Å². The molecule has 0 spiro atoms. The molecule has 2 heterocycles. The van der Waals surface area contributed by atoms with E-state index in [2.05, 4.69) is 9.80 Å². The van der Waals surface area contributed by atoms with E-state index in [1.807, 2.05) is 0 Å². The largest absolute Gasteiger partial charge is 0.383 e. The molecule has 0 aromatic carbocycles. The van der Waals surface area contributed by atoms with E-state index in [0.717, 1.165) is 26.3 Å². The predicted octanol–water partition coefficient (Wildman–Crippen LogP) is 3.12. The lowest BCUT2D eigenvalue weighted by atomic mass is 10.1. The number of hydrogen-bond donors (Lipinski definition) is 0. The summed E-state index contributed by atoms with van der Waals surface area (Å²) >= 11 is 0. The molecule has 0 saturated carbocycles. The van der Waals surface area contributed by atoms with Gasteiger partial charge < -0.3 is 19.3 Å². The second-order valence-corrected chi connectivity index (χ2v) is 5.44. The number of nitrogens with zero attached hydrogens (tertiary/aromatic N) is 2. The second-order valence-electron chi connectivity index (χ2n) is 5.44. The van der Waals surface area contributed by atoms with Gasteiger partial charge in [-0.1, -0.05) is 21.3 Å². The minimum atomic E-state index is 0. The van der Waals surface area contributed by atoms with Crippen molar-refractivity contribution in [2.24, 2.45) is 0 Å². The Kier molecular flexibility index (Phi) is 17.8. The average Bonchev–Trinajstić information content (AvgIpc) is 2.98. The molecule has 0 radical (unpaired) electrons. The summed E-state index contributed by atoms with van der Waals surface area (Å²) in [4.78, 5) is 4.93. The van der Waals surface area contributed by atoms with Crippen LogP contribution in [0.3, 0.4) is 0 Å². The summed E-state index contributed by atoms with van der Waals surface area (Å²) in [5.74, 6) is 0. The van der Waals surface area contributed by atoms with Gasteiger partial charge in [-0.05, 0) is 51.9 Å². The Morgan fingerprint density at radius 3 is 1.29 bits per heavy atom. The molecule has 2 rings (SSSR count). The first-order chi connectivity index (χ1) is 9.36. The molecular formula is C17H40N2O2. The fourth-order valence-corrected chi connectivity index (χ4v) is 2.63. The van der Waals surface area contributed by atoms with E-state index >= 15 is 0 Å². The highest BCUT2D eigenvalue weighted by Gasteiger charge is 2.09. The number of likely N-dealkylation sites (tertiary alicyclic amines) is 2. The van der Waals surface area contributed by atoms with E-state index in [1.54, 1.807) is 14.2 Å². The second kappa shape index (κ2) is 16.2. The van der Waals surface area contributed by atoms with Crippen molar-refractivity contribution >= 4 is 0 Å². The molecule has 21 heavy (non-hydrogen) atoms. The van der Waals surface area contributed by atoms with Crippen molar-refractivity contribution < 1.29 is 9.47 Å². The summed E-state index contributed by atoms with van der Waals surface area (Å²) in [6.45, 7) is 9.15. The van der Waals surface area contributed by atoms with E-state index in [4.69, 9.17) is 9.47 Å². The van der Waals surface area contributed by atoms with Crippen molar-refractivity contribution in [2.45, 2.75) is 47.0 Å². The lowest BCUT2D eigenvalue weighted by Crippen LogP contribution is -2.32. The van der Waals surface area contributed by atoms with Gasteiger partial charge in [-0.2, -0.15) is 0 Å². The topological polar surface area (TPSA) is 24.9 Å². The maximum absolute atomic E-state index is 5.00. The first-order valence-electron chi connectivity index (χ1n) is 7.79. The van der Waals surface area contributed by atoms with E-state index in [0.29, 0.717) is 0 Å². The van der Waals surface area contributed by atoms with Gasteiger partial charge in [0.1, 0.15) is 0 Å². The number of ether oxygens (including phenoxy) is 2. The summed E-state index contributed by atoms with van der Waals surface area (Å²) in [5, 5.41) is 0. The first kappa shape index (κ1) is 23.1. The highest BCUT2D eigenvalue weighted by atomic mass is 16.5. The summed E-state index contributed by atoms with van der Waals surface area (Å²) in [6.07, 6.45) is 6.93. The van der Waals surface area contributed by atoms with Crippen LogP contribution >= 0.6 is 0 Å². The Balaban J connectivity index is 0. The monoisotopic (exact) mass is 304 g/mol. The molecule has 0 aromatic rings. The van der Waals surface area contributed by atoms with Gasteiger partial charge >= 0.3 is 0 Å². The Bertz CT molecular complexity index is 191. The standard InChI is InChI=1S/C8H17NO.C7H15NO.2CH4/c1-10-8-7-9-5-3-2-4-6-9;1-9-7-6-8-4-2-3-5-8;;/h2-8H2,1H3;2-7H2,1H3;2*1H4. The first-order valence-corrected chi connectivity index (χ1v) is 7.79. The SMILES string of the molecule is C.C.COCCN1CCCC1.COCCN1CCCCC1. The number of hydrogen-bond acceptors (Lipinski definition) is 4. The van der Waals surface area contributed by atoms with Gasteiger partial charge in [0, 0.05) is 27.3 Å². The highest BCUT2D eigenvalue weighted by Crippen LogP contribution is 2.07. The van der Waals surface area contributed by atoms with E-state index < -0.39 is 0 Å². The van der Waals surface area contributed by atoms with Gasteiger partial charge in [0.15, 0.2) is 0 Å². The smallest absolute Gasteiger partial charge is 0.0589 e. The Labute approximate surface area is 133 Å². The zero-order valence-electron chi connectivity index (χ0n) is 12.9. The van der Waals surface area contributed by atoms with Crippen molar-refractivity contribution in [3.8, 4) is 0 Å². The molecular weight excluding hydrogens is 264 g/mol. The zero-order chi connectivity index (χ0) is 13.8. The third-order valence-corrected chi connectivity index (χ3v) is 3.87. The minimum absolute atomic E-state index is 0. The molecule has 2 fully saturated rings. The van der Waals surface area contributed by atoms with E-state index in [9.17, 15) is 0 Å². The molecule has 0 N–H and O–H groups in total. The summed E-state index contributed by atoms with van der Waals surface area (Å²) < 4.78 is 9.96. The van der Waals surface area contributed by atoms with Crippen LogP contribution in [0.25, 0.3) is 0 Å². The fourth-order valence-electron chi connectivity index (χ4n) is 2.63. The number of methoxy groups -OCH3 is 2. The van der Waals surface area contributed by atoms with Crippen LogP contribution in [0.1, 0.15) is 47.0 Å². The molecule has 0 unspecified atom stereocenters. The van der Waals surface area contributed by atoms with Crippen LogP contribution in [0.4, 0.5) is 0 Å². The molecule has 0 aliphatic carbocycles. The van der Waals surface area contributed by atoms with Crippen LogP contribution in [0.5, 0.6) is 0 Å². The molecule has 4 heteroatoms. The van der Waals surface area contributed by atoms with Gasteiger partial charge in [0.25, 0.3) is 0 Å². The Hall–Kier alpha value is -0.160. The van der Waals surface area contributed by atoms with Gasteiger partial charge in [-0.25, -0.2) is 0 Å². The molecule has 0 aromatic heterocycles.